The summed E-state index contributed by atoms with van der Waals surface area (Å²) in [6.45, 7) is 0.705. The third-order valence-corrected chi connectivity index (χ3v) is 6.23. The highest BCUT2D eigenvalue weighted by Gasteiger charge is 2.29. The molecule has 0 atom stereocenters. The standard InChI is InChI=1S/C14H27N3O4S/c1-16(2)14(19)15-9-10-17(3)13(18)8-11-22(20,21)12-6-4-5-7-12/h12H,4-11H2,1-3H3,(H,15,19). The second-order valence-electron chi connectivity index (χ2n) is 5.97. The zero-order chi connectivity index (χ0) is 16.8. The lowest BCUT2D eigenvalue weighted by atomic mass is 10.4. The van der Waals surface area contributed by atoms with Gasteiger partial charge in [0.05, 0.1) is 11.0 Å². The molecule has 0 spiro atoms. The summed E-state index contributed by atoms with van der Waals surface area (Å²) in [7, 11) is 1.73. The third-order valence-electron chi connectivity index (χ3n) is 3.97. The summed E-state index contributed by atoms with van der Waals surface area (Å²) in [5.74, 6) is -0.286. The minimum atomic E-state index is -3.16. The summed E-state index contributed by atoms with van der Waals surface area (Å²) in [6, 6.07) is -0.218. The van der Waals surface area contributed by atoms with Crippen LogP contribution in [-0.4, -0.2) is 75.4 Å². The summed E-state index contributed by atoms with van der Waals surface area (Å²) in [6.07, 6.45) is 3.38. The van der Waals surface area contributed by atoms with E-state index in [9.17, 15) is 18.0 Å². The molecular formula is C14H27N3O4S. The Morgan fingerprint density at radius 3 is 2.27 bits per heavy atom. The molecule has 8 heteroatoms. The Bertz CT molecular complexity index is 484. The fraction of sp³-hybridized carbons (Fsp3) is 0.857. The number of nitrogens with zero attached hydrogens (tertiary/aromatic N) is 2. The predicted molar refractivity (Wildman–Crippen MR) is 85.4 cm³/mol. The normalized spacial score (nSPS) is 15.6. The Kier molecular flexibility index (Phi) is 7.12. The first-order valence-electron chi connectivity index (χ1n) is 7.64. The van der Waals surface area contributed by atoms with Crippen molar-refractivity contribution in [2.24, 2.45) is 0 Å². The van der Waals surface area contributed by atoms with Crippen molar-refractivity contribution in [2.75, 3.05) is 40.0 Å². The molecule has 7 nitrogen and oxygen atoms in total. The minimum Gasteiger partial charge on any atom is -0.344 e. The molecule has 1 N–H and O–H groups in total. The first-order chi connectivity index (χ1) is 10.2. The van der Waals surface area contributed by atoms with E-state index in [2.05, 4.69) is 5.32 Å². The number of urea groups is 1. The number of likely N-dealkylation sites (N-methyl/N-ethyl adjacent to an activating group) is 1. The second kappa shape index (κ2) is 8.36. The van der Waals surface area contributed by atoms with Crippen LogP contribution in [0.3, 0.4) is 0 Å². The van der Waals surface area contributed by atoms with Crippen LogP contribution in [0.2, 0.25) is 0 Å². The molecule has 0 aliphatic heterocycles. The molecule has 128 valence electrons. The van der Waals surface area contributed by atoms with Gasteiger partial charge in [0.15, 0.2) is 9.84 Å². The van der Waals surface area contributed by atoms with E-state index in [0.717, 1.165) is 25.7 Å². The number of hydrogen-bond acceptors (Lipinski definition) is 4. The van der Waals surface area contributed by atoms with Crippen LogP contribution >= 0.6 is 0 Å². The van der Waals surface area contributed by atoms with E-state index in [1.807, 2.05) is 0 Å². The molecule has 0 aromatic heterocycles. The molecule has 22 heavy (non-hydrogen) atoms. The van der Waals surface area contributed by atoms with Crippen molar-refractivity contribution in [3.05, 3.63) is 0 Å². The average molecular weight is 333 g/mol. The second-order valence-corrected chi connectivity index (χ2v) is 8.37. The van der Waals surface area contributed by atoms with Crippen LogP contribution in [0.1, 0.15) is 32.1 Å². The third kappa shape index (κ3) is 5.82. The maximum absolute atomic E-state index is 12.1. The van der Waals surface area contributed by atoms with Crippen LogP contribution in [-0.2, 0) is 14.6 Å². The van der Waals surface area contributed by atoms with Crippen LogP contribution in [0.4, 0.5) is 4.79 Å². The first kappa shape index (κ1) is 18.7. The van der Waals surface area contributed by atoms with Gasteiger partial charge in [0.2, 0.25) is 5.91 Å². The molecule has 0 saturated heterocycles. The highest BCUT2D eigenvalue weighted by molar-refractivity contribution is 7.92. The van der Waals surface area contributed by atoms with Crippen LogP contribution < -0.4 is 5.32 Å². The Hall–Kier alpha value is -1.31. The fourth-order valence-electron chi connectivity index (χ4n) is 2.45. The molecule has 0 radical (unpaired) electrons. The molecule has 3 amide bonds. The monoisotopic (exact) mass is 333 g/mol. The SMILES string of the molecule is CN(C)C(=O)NCCN(C)C(=O)CCS(=O)(=O)C1CCCC1. The van der Waals surface area contributed by atoms with Gasteiger partial charge >= 0.3 is 6.03 Å². The van der Waals surface area contributed by atoms with Gasteiger partial charge in [-0.25, -0.2) is 13.2 Å². The summed E-state index contributed by atoms with van der Waals surface area (Å²) >= 11 is 0. The van der Waals surface area contributed by atoms with Crippen molar-refractivity contribution in [1.82, 2.24) is 15.1 Å². The maximum Gasteiger partial charge on any atom is 0.316 e. The number of nitrogens with one attached hydrogen (secondary N) is 1. The van der Waals surface area contributed by atoms with Gasteiger partial charge in [-0.3, -0.25) is 4.79 Å². The Labute approximate surface area is 132 Å². The van der Waals surface area contributed by atoms with E-state index in [1.54, 1.807) is 21.1 Å². The summed E-state index contributed by atoms with van der Waals surface area (Å²) < 4.78 is 24.2. The molecular weight excluding hydrogens is 306 g/mol. The molecule has 0 heterocycles. The van der Waals surface area contributed by atoms with Crippen LogP contribution in [0.25, 0.3) is 0 Å². The molecule has 1 aliphatic carbocycles. The van der Waals surface area contributed by atoms with Crippen molar-refractivity contribution in [1.29, 1.82) is 0 Å². The summed E-state index contributed by atoms with van der Waals surface area (Å²) in [4.78, 5) is 26.2. The molecule has 1 fully saturated rings. The maximum atomic E-state index is 12.1. The number of carbonyl (C=O) groups excluding carboxylic acids is 2. The zero-order valence-corrected chi connectivity index (χ0v) is 14.5. The molecule has 0 aromatic rings. The topological polar surface area (TPSA) is 86.8 Å². The van der Waals surface area contributed by atoms with Crippen molar-refractivity contribution in [3.63, 3.8) is 0 Å². The van der Waals surface area contributed by atoms with Crippen molar-refractivity contribution in [3.8, 4) is 0 Å². The number of rotatable bonds is 7. The number of amides is 3. The molecule has 1 saturated carbocycles. The largest absolute Gasteiger partial charge is 0.344 e. The molecule has 0 bridgehead atoms. The van der Waals surface area contributed by atoms with Gasteiger partial charge in [-0.05, 0) is 12.8 Å². The Morgan fingerprint density at radius 1 is 1.14 bits per heavy atom. The number of carbonyl (C=O) groups is 2. The lowest BCUT2D eigenvalue weighted by molar-refractivity contribution is -0.129. The van der Waals surface area contributed by atoms with Crippen molar-refractivity contribution < 1.29 is 18.0 Å². The molecule has 0 unspecified atom stereocenters. The highest BCUT2D eigenvalue weighted by atomic mass is 32.2. The van der Waals surface area contributed by atoms with Crippen LogP contribution in [0.15, 0.2) is 0 Å². The summed E-state index contributed by atoms with van der Waals surface area (Å²) in [5, 5.41) is 2.40. The van der Waals surface area contributed by atoms with Crippen molar-refractivity contribution >= 4 is 21.8 Å². The Balaban J connectivity index is 2.30. The van der Waals surface area contributed by atoms with E-state index >= 15 is 0 Å². The van der Waals surface area contributed by atoms with E-state index in [1.165, 1.54) is 9.80 Å². The molecule has 0 aromatic carbocycles. The van der Waals surface area contributed by atoms with Crippen LogP contribution in [0, 0.1) is 0 Å². The van der Waals surface area contributed by atoms with Gasteiger partial charge in [0.25, 0.3) is 0 Å². The average Bonchev–Trinajstić information content (AvgIpc) is 2.99. The van der Waals surface area contributed by atoms with E-state index in [4.69, 9.17) is 0 Å². The predicted octanol–water partition coefficient (Wildman–Crippen LogP) is 0.464. The first-order valence-corrected chi connectivity index (χ1v) is 9.36. The lowest BCUT2D eigenvalue weighted by Crippen LogP contribution is -2.40. The van der Waals surface area contributed by atoms with Gasteiger partial charge in [-0.2, -0.15) is 0 Å². The van der Waals surface area contributed by atoms with E-state index < -0.39 is 9.84 Å². The Morgan fingerprint density at radius 2 is 1.73 bits per heavy atom. The number of sulfone groups is 1. The quantitative estimate of drug-likeness (QED) is 0.733. The van der Waals surface area contributed by atoms with Crippen LogP contribution in [0.5, 0.6) is 0 Å². The summed E-state index contributed by atoms with van der Waals surface area (Å²) in [5.41, 5.74) is 0. The van der Waals surface area contributed by atoms with E-state index in [0.29, 0.717) is 13.1 Å². The van der Waals surface area contributed by atoms with Crippen molar-refractivity contribution in [2.45, 2.75) is 37.4 Å². The lowest BCUT2D eigenvalue weighted by Gasteiger charge is -2.19. The minimum absolute atomic E-state index is 0.0109. The van der Waals surface area contributed by atoms with Gasteiger partial charge < -0.3 is 15.1 Å². The van der Waals surface area contributed by atoms with E-state index in [-0.39, 0.29) is 29.4 Å². The van der Waals surface area contributed by atoms with Gasteiger partial charge in [-0.1, -0.05) is 12.8 Å². The molecule has 1 rings (SSSR count). The highest BCUT2D eigenvalue weighted by Crippen LogP contribution is 2.25. The fourth-order valence-corrected chi connectivity index (χ4v) is 4.29. The smallest absolute Gasteiger partial charge is 0.316 e. The van der Waals surface area contributed by atoms with Gasteiger partial charge in [-0.15, -0.1) is 0 Å². The number of hydrogen-bond donors (Lipinski definition) is 1. The zero-order valence-electron chi connectivity index (χ0n) is 13.7. The van der Waals surface area contributed by atoms with Gasteiger partial charge in [0.1, 0.15) is 0 Å². The molecule has 1 aliphatic rings. The van der Waals surface area contributed by atoms with Gasteiger partial charge in [0, 0.05) is 40.7 Å².